The summed E-state index contributed by atoms with van der Waals surface area (Å²) in [6, 6.07) is 7.93. The zero-order valence-corrected chi connectivity index (χ0v) is 19.2. The first-order chi connectivity index (χ1) is 14.4. The number of unbranched alkanes of at least 4 members (excludes halogenated alkanes) is 1. The molecule has 0 unspecified atom stereocenters. The molecule has 10 heteroatoms. The Kier molecular flexibility index (Phi) is 7.68. The van der Waals surface area contributed by atoms with Crippen LogP contribution in [0.25, 0.3) is 0 Å². The third kappa shape index (κ3) is 5.71. The lowest BCUT2D eigenvalue weighted by atomic mass is 10.2. The van der Waals surface area contributed by atoms with Crippen molar-refractivity contribution in [1.29, 1.82) is 0 Å². The highest BCUT2D eigenvalue weighted by Crippen LogP contribution is 2.28. The Morgan fingerprint density at radius 1 is 1.23 bits per heavy atom. The fraction of sp³-hybridized carbons (Fsp3) is 0.400. The molecule has 1 aromatic heterocycles. The molecule has 3 rings (SSSR count). The molecule has 0 radical (unpaired) electrons. The van der Waals surface area contributed by atoms with E-state index < -0.39 is 10.0 Å². The van der Waals surface area contributed by atoms with E-state index in [-0.39, 0.29) is 10.8 Å². The first-order valence-corrected chi connectivity index (χ1v) is 12.2. The summed E-state index contributed by atoms with van der Waals surface area (Å²) in [5, 5.41) is 6.11. The Balaban J connectivity index is 1.92. The molecule has 0 spiro atoms. The molecule has 0 aliphatic carbocycles. The molecule has 0 bridgehead atoms. The van der Waals surface area contributed by atoms with E-state index in [1.807, 2.05) is 11.8 Å². The van der Waals surface area contributed by atoms with Crippen LogP contribution in [0.15, 0.2) is 45.9 Å². The summed E-state index contributed by atoms with van der Waals surface area (Å²) in [6.45, 7) is 5.56. The van der Waals surface area contributed by atoms with Crippen LogP contribution in [0.5, 0.6) is 0 Å². The van der Waals surface area contributed by atoms with Crippen LogP contribution < -0.4 is 20.3 Å². The average molecular weight is 496 g/mol. The van der Waals surface area contributed by atoms with Gasteiger partial charge in [0.1, 0.15) is 0 Å². The summed E-state index contributed by atoms with van der Waals surface area (Å²) < 4.78 is 29.3. The monoisotopic (exact) mass is 495 g/mol. The molecule has 1 amide bonds. The van der Waals surface area contributed by atoms with Crippen LogP contribution in [0.3, 0.4) is 0 Å². The van der Waals surface area contributed by atoms with Crippen LogP contribution in [0.2, 0.25) is 0 Å². The molecule has 1 aromatic carbocycles. The standard InChI is InChI=1S/C20H26BrN5O3S/c1-2-3-8-23-20(27)15-13-18(19(24-14-15)26-11-9-22-10-12-26)25-30(28,29)17-6-4-16(21)5-7-17/h4-7,13-14,22,25H,2-3,8-12H2,1H3,(H,23,27). The first-order valence-electron chi connectivity index (χ1n) is 9.93. The van der Waals surface area contributed by atoms with Gasteiger partial charge in [-0.05, 0) is 36.8 Å². The van der Waals surface area contributed by atoms with E-state index in [0.717, 1.165) is 30.4 Å². The van der Waals surface area contributed by atoms with E-state index in [1.54, 1.807) is 18.2 Å². The number of hydrogen-bond donors (Lipinski definition) is 3. The number of hydrogen-bond acceptors (Lipinski definition) is 6. The Hall–Kier alpha value is -2.17. The van der Waals surface area contributed by atoms with Gasteiger partial charge in [-0.1, -0.05) is 29.3 Å². The van der Waals surface area contributed by atoms with Crippen molar-refractivity contribution in [3.8, 4) is 0 Å². The smallest absolute Gasteiger partial charge is 0.262 e. The number of nitrogens with zero attached hydrogens (tertiary/aromatic N) is 2. The number of anilines is 2. The minimum atomic E-state index is -3.84. The van der Waals surface area contributed by atoms with Crippen molar-refractivity contribution < 1.29 is 13.2 Å². The van der Waals surface area contributed by atoms with Crippen LogP contribution in [0.1, 0.15) is 30.1 Å². The van der Waals surface area contributed by atoms with Crippen LogP contribution >= 0.6 is 15.9 Å². The lowest BCUT2D eigenvalue weighted by Crippen LogP contribution is -2.44. The minimum absolute atomic E-state index is 0.134. The van der Waals surface area contributed by atoms with Crippen LogP contribution in [0, 0.1) is 0 Å². The molecule has 1 aliphatic heterocycles. The molecule has 2 heterocycles. The number of carbonyl (C=O) groups excluding carboxylic acids is 1. The number of amides is 1. The molecule has 0 atom stereocenters. The topological polar surface area (TPSA) is 103 Å². The summed E-state index contributed by atoms with van der Waals surface area (Å²) in [7, 11) is -3.84. The van der Waals surface area contributed by atoms with E-state index >= 15 is 0 Å². The lowest BCUT2D eigenvalue weighted by molar-refractivity contribution is 0.0953. The molecule has 8 nitrogen and oxygen atoms in total. The quantitative estimate of drug-likeness (QED) is 0.486. The van der Waals surface area contributed by atoms with Crippen molar-refractivity contribution in [3.63, 3.8) is 0 Å². The number of piperazine rings is 1. The highest BCUT2D eigenvalue weighted by molar-refractivity contribution is 9.10. The van der Waals surface area contributed by atoms with Gasteiger partial charge in [0.15, 0.2) is 5.82 Å². The number of rotatable bonds is 8. The molecule has 0 saturated carbocycles. The van der Waals surface area contributed by atoms with Gasteiger partial charge in [-0.3, -0.25) is 9.52 Å². The first kappa shape index (κ1) is 22.5. The normalized spacial score (nSPS) is 14.4. The number of aromatic nitrogens is 1. The number of benzene rings is 1. The second-order valence-corrected chi connectivity index (χ2v) is 9.60. The third-order valence-electron chi connectivity index (χ3n) is 4.73. The van der Waals surface area contributed by atoms with E-state index in [1.165, 1.54) is 18.3 Å². The van der Waals surface area contributed by atoms with Gasteiger partial charge in [-0.2, -0.15) is 0 Å². The molecule has 3 N–H and O–H groups in total. The maximum absolute atomic E-state index is 13.0. The summed E-state index contributed by atoms with van der Waals surface area (Å²) in [6.07, 6.45) is 3.34. The maximum atomic E-state index is 13.0. The maximum Gasteiger partial charge on any atom is 0.262 e. The van der Waals surface area contributed by atoms with Gasteiger partial charge in [0, 0.05) is 43.4 Å². The van der Waals surface area contributed by atoms with Crippen molar-refractivity contribution in [1.82, 2.24) is 15.6 Å². The van der Waals surface area contributed by atoms with Gasteiger partial charge in [0.2, 0.25) is 0 Å². The van der Waals surface area contributed by atoms with Crippen molar-refractivity contribution in [2.24, 2.45) is 0 Å². The van der Waals surface area contributed by atoms with E-state index in [0.29, 0.717) is 36.7 Å². The summed E-state index contributed by atoms with van der Waals surface area (Å²) >= 11 is 3.31. The summed E-state index contributed by atoms with van der Waals surface area (Å²) in [5.74, 6) is 0.245. The number of pyridine rings is 1. The van der Waals surface area contributed by atoms with E-state index in [4.69, 9.17) is 0 Å². The second kappa shape index (κ2) is 10.2. The minimum Gasteiger partial charge on any atom is -0.352 e. The van der Waals surface area contributed by atoms with Crippen LogP contribution in [-0.4, -0.2) is 52.0 Å². The zero-order valence-electron chi connectivity index (χ0n) is 16.8. The second-order valence-electron chi connectivity index (χ2n) is 7.00. The van der Waals surface area contributed by atoms with Gasteiger partial charge in [-0.15, -0.1) is 0 Å². The van der Waals surface area contributed by atoms with Crippen molar-refractivity contribution >= 4 is 43.4 Å². The van der Waals surface area contributed by atoms with Crippen LogP contribution in [-0.2, 0) is 10.0 Å². The Morgan fingerprint density at radius 3 is 2.60 bits per heavy atom. The predicted octanol–water partition coefficient (Wildman–Crippen LogP) is 2.58. The number of halogens is 1. The summed E-state index contributed by atoms with van der Waals surface area (Å²) in [4.78, 5) is 19.1. The van der Waals surface area contributed by atoms with Crippen LogP contribution in [0.4, 0.5) is 11.5 Å². The van der Waals surface area contributed by atoms with Crippen molar-refractivity contribution in [3.05, 3.63) is 46.6 Å². The molecular formula is C20H26BrN5O3S. The highest BCUT2D eigenvalue weighted by atomic mass is 79.9. The van der Waals surface area contributed by atoms with Gasteiger partial charge < -0.3 is 15.5 Å². The molecule has 162 valence electrons. The molecule has 2 aromatic rings. The van der Waals surface area contributed by atoms with Gasteiger partial charge in [0.25, 0.3) is 15.9 Å². The molecule has 1 fully saturated rings. The average Bonchev–Trinajstić information content (AvgIpc) is 2.74. The van der Waals surface area contributed by atoms with Gasteiger partial charge >= 0.3 is 0 Å². The van der Waals surface area contributed by atoms with E-state index in [2.05, 4.69) is 36.3 Å². The number of sulfonamides is 1. The summed E-state index contributed by atoms with van der Waals surface area (Å²) in [5.41, 5.74) is 0.612. The molecular weight excluding hydrogens is 470 g/mol. The van der Waals surface area contributed by atoms with Crippen molar-refractivity contribution in [2.75, 3.05) is 42.3 Å². The number of nitrogens with one attached hydrogen (secondary N) is 3. The van der Waals surface area contributed by atoms with Crippen molar-refractivity contribution in [2.45, 2.75) is 24.7 Å². The Morgan fingerprint density at radius 2 is 1.93 bits per heavy atom. The third-order valence-corrected chi connectivity index (χ3v) is 6.64. The molecule has 1 aliphatic rings. The highest BCUT2D eigenvalue weighted by Gasteiger charge is 2.22. The van der Waals surface area contributed by atoms with E-state index in [9.17, 15) is 13.2 Å². The molecule has 30 heavy (non-hydrogen) atoms. The number of carbonyl (C=O) groups is 1. The lowest BCUT2D eigenvalue weighted by Gasteiger charge is -2.30. The Labute approximate surface area is 185 Å². The SMILES string of the molecule is CCCCNC(=O)c1cnc(N2CCNCC2)c(NS(=O)(=O)c2ccc(Br)cc2)c1. The zero-order chi connectivity index (χ0) is 21.6. The predicted molar refractivity (Wildman–Crippen MR) is 122 cm³/mol. The fourth-order valence-corrected chi connectivity index (χ4v) is 4.40. The fourth-order valence-electron chi connectivity index (χ4n) is 3.08. The van der Waals surface area contributed by atoms with Gasteiger partial charge in [0.05, 0.1) is 16.1 Å². The van der Waals surface area contributed by atoms with Gasteiger partial charge in [-0.25, -0.2) is 13.4 Å². The molecule has 1 saturated heterocycles. The largest absolute Gasteiger partial charge is 0.352 e. The Bertz CT molecular complexity index is 976.